The number of H-pyrrole nitrogens is 2. The molecule has 1 aliphatic carbocycles. The molecule has 2 saturated heterocycles. The van der Waals surface area contributed by atoms with E-state index in [0.29, 0.717) is 12.5 Å². The maximum atomic E-state index is 14.0. The highest BCUT2D eigenvalue weighted by atomic mass is 16.5. The van der Waals surface area contributed by atoms with E-state index in [4.69, 9.17) is 9.72 Å². The predicted molar refractivity (Wildman–Crippen MR) is 236 cm³/mol. The number of aromatic nitrogens is 4. The number of imidazole rings is 2. The molecule has 3 aliphatic rings. The first kappa shape index (κ1) is 40.7. The minimum absolute atomic E-state index is 0.0895. The highest BCUT2D eigenvalue weighted by Gasteiger charge is 2.51. The van der Waals surface area contributed by atoms with E-state index in [1.807, 2.05) is 31.1 Å². The summed E-state index contributed by atoms with van der Waals surface area (Å²) in [5.74, 6) is 1.46. The number of aromatic amines is 2. The number of fused-ring (bicyclic) bond motifs is 4. The summed E-state index contributed by atoms with van der Waals surface area (Å²) in [6.07, 6.45) is 7.01. The van der Waals surface area contributed by atoms with Gasteiger partial charge in [-0.05, 0) is 108 Å². The van der Waals surface area contributed by atoms with Crippen LogP contribution in [0.5, 0.6) is 0 Å². The molecule has 4 amide bonds. The molecule has 14 nitrogen and oxygen atoms in total. The second-order valence-corrected chi connectivity index (χ2v) is 17.2. The molecule has 2 bridgehead atoms. The largest absolute Gasteiger partial charge is 0.453 e. The van der Waals surface area contributed by atoms with Crippen LogP contribution in [0, 0.1) is 11.8 Å². The smallest absolute Gasteiger partial charge is 0.407 e. The zero-order valence-electron chi connectivity index (χ0n) is 35.6. The number of ether oxygens (including phenoxy) is 2. The maximum absolute atomic E-state index is 14.0. The van der Waals surface area contributed by atoms with Crippen LogP contribution in [0.4, 0.5) is 9.59 Å². The first-order valence-electron chi connectivity index (χ1n) is 21.5. The Morgan fingerprint density at radius 1 is 0.677 bits per heavy atom. The number of amides is 4. The molecule has 4 heterocycles. The van der Waals surface area contributed by atoms with Crippen molar-refractivity contribution in [2.24, 2.45) is 11.8 Å². The van der Waals surface area contributed by atoms with Crippen LogP contribution in [-0.2, 0) is 19.1 Å². The summed E-state index contributed by atoms with van der Waals surface area (Å²) < 4.78 is 9.50. The number of nitrogens with one attached hydrogen (secondary N) is 4. The number of likely N-dealkylation sites (tertiary alicyclic amines) is 2. The van der Waals surface area contributed by atoms with Crippen molar-refractivity contribution in [1.29, 1.82) is 0 Å². The average molecular weight is 837 g/mol. The topological polar surface area (TPSA) is 175 Å². The van der Waals surface area contributed by atoms with Crippen molar-refractivity contribution in [2.75, 3.05) is 20.8 Å². The third-order valence-electron chi connectivity index (χ3n) is 13.1. The number of piperidine rings is 1. The van der Waals surface area contributed by atoms with E-state index < -0.39 is 24.3 Å². The Labute approximate surface area is 359 Å². The lowest BCUT2D eigenvalue weighted by atomic mass is 9.95. The number of nitrogens with zero attached hydrogens (tertiary/aromatic N) is 4. The van der Waals surface area contributed by atoms with Gasteiger partial charge in [-0.2, -0.15) is 0 Å². The van der Waals surface area contributed by atoms with Gasteiger partial charge in [0.1, 0.15) is 23.7 Å². The number of carbonyl (C=O) groups is 4. The summed E-state index contributed by atoms with van der Waals surface area (Å²) in [5, 5.41) is 9.79. The fourth-order valence-corrected chi connectivity index (χ4v) is 9.85. The van der Waals surface area contributed by atoms with Crippen molar-refractivity contribution in [3.05, 3.63) is 96.8 Å². The predicted octanol–water partition coefficient (Wildman–Crippen LogP) is 8.28. The SMILES string of the molecule is COC(=O)N[C@@H](C)C(=O)N1CCC[C@H]1c1ncc(-c2ccc3cc(-c4ccc5cc(-c6cnc([C@@H]7[C@H]8CC[C@H](C8)N7C(=O)[C@@H](NC(=O)OC)C(C)C)[nH]6)ccc5c4)ccc3c2)[nH]1. The fraction of sp³-hybridized carbons (Fsp3) is 0.375. The summed E-state index contributed by atoms with van der Waals surface area (Å²) >= 11 is 0. The Kier molecular flexibility index (Phi) is 10.9. The van der Waals surface area contributed by atoms with Crippen LogP contribution < -0.4 is 10.6 Å². The van der Waals surface area contributed by atoms with E-state index in [1.54, 1.807) is 11.8 Å². The molecular weight excluding hydrogens is 785 g/mol. The molecule has 62 heavy (non-hydrogen) atoms. The van der Waals surface area contributed by atoms with Gasteiger partial charge in [-0.15, -0.1) is 0 Å². The normalized spacial score (nSPS) is 20.5. The summed E-state index contributed by atoms with van der Waals surface area (Å²) in [5.41, 5.74) is 6.02. The molecule has 0 unspecified atom stereocenters. The van der Waals surface area contributed by atoms with Gasteiger partial charge in [0, 0.05) is 23.7 Å². The number of carbonyl (C=O) groups excluding carboxylic acids is 4. The van der Waals surface area contributed by atoms with Crippen LogP contribution >= 0.6 is 0 Å². The van der Waals surface area contributed by atoms with Gasteiger partial charge in [-0.25, -0.2) is 19.6 Å². The van der Waals surface area contributed by atoms with Crippen molar-refractivity contribution in [2.45, 2.75) is 83.1 Å². The average Bonchev–Trinajstić information content (AvgIpc) is 4.16. The van der Waals surface area contributed by atoms with Gasteiger partial charge >= 0.3 is 12.2 Å². The van der Waals surface area contributed by atoms with Crippen LogP contribution in [-0.4, -0.2) is 92.6 Å². The zero-order chi connectivity index (χ0) is 43.2. The lowest BCUT2D eigenvalue weighted by Gasteiger charge is -2.37. The minimum atomic E-state index is -0.706. The molecule has 3 fully saturated rings. The van der Waals surface area contributed by atoms with Crippen molar-refractivity contribution in [1.82, 2.24) is 40.4 Å². The molecule has 6 atom stereocenters. The lowest BCUT2D eigenvalue weighted by molar-refractivity contribution is -0.139. The van der Waals surface area contributed by atoms with Crippen LogP contribution in [0.15, 0.2) is 85.2 Å². The molecule has 0 spiro atoms. The number of hydrogen-bond acceptors (Lipinski definition) is 8. The van der Waals surface area contributed by atoms with E-state index in [2.05, 4.69) is 103 Å². The first-order valence-corrected chi connectivity index (χ1v) is 21.5. The number of rotatable bonds is 10. The molecule has 320 valence electrons. The maximum Gasteiger partial charge on any atom is 0.407 e. The Bertz CT molecular complexity index is 2690. The zero-order valence-corrected chi connectivity index (χ0v) is 35.6. The second kappa shape index (κ2) is 16.6. The van der Waals surface area contributed by atoms with Gasteiger partial charge in [0.25, 0.3) is 0 Å². The summed E-state index contributed by atoms with van der Waals surface area (Å²) in [7, 11) is 2.59. The molecular formula is C48H52N8O6. The first-order chi connectivity index (χ1) is 30.0. The molecule has 2 aliphatic heterocycles. The monoisotopic (exact) mass is 836 g/mol. The lowest BCUT2D eigenvalue weighted by Crippen LogP contribution is -2.54. The van der Waals surface area contributed by atoms with Crippen molar-refractivity contribution < 1.29 is 28.7 Å². The van der Waals surface area contributed by atoms with E-state index in [0.717, 1.165) is 98.9 Å². The van der Waals surface area contributed by atoms with Gasteiger partial charge in [0.2, 0.25) is 11.8 Å². The van der Waals surface area contributed by atoms with Crippen LogP contribution in [0.2, 0.25) is 0 Å². The quantitative estimate of drug-likeness (QED) is 0.107. The van der Waals surface area contributed by atoms with Gasteiger partial charge in [0.15, 0.2) is 0 Å². The number of hydrogen-bond donors (Lipinski definition) is 4. The number of alkyl carbamates (subject to hydrolysis) is 2. The molecule has 9 rings (SSSR count). The molecule has 4 N–H and O–H groups in total. The molecule has 14 heteroatoms. The van der Waals surface area contributed by atoms with Gasteiger partial charge < -0.3 is 39.9 Å². The van der Waals surface area contributed by atoms with Crippen molar-refractivity contribution in [3.63, 3.8) is 0 Å². The Hall–Kier alpha value is -6.70. The molecule has 4 aromatic carbocycles. The van der Waals surface area contributed by atoms with Gasteiger partial charge in [0.05, 0.1) is 50.1 Å². The minimum Gasteiger partial charge on any atom is -0.453 e. The van der Waals surface area contributed by atoms with Crippen molar-refractivity contribution in [3.8, 4) is 33.6 Å². The summed E-state index contributed by atoms with van der Waals surface area (Å²) in [6, 6.07) is 24.2. The molecule has 0 radical (unpaired) electrons. The summed E-state index contributed by atoms with van der Waals surface area (Å²) in [4.78, 5) is 71.3. The van der Waals surface area contributed by atoms with E-state index in [9.17, 15) is 19.2 Å². The second-order valence-electron chi connectivity index (χ2n) is 17.2. The van der Waals surface area contributed by atoms with Crippen molar-refractivity contribution >= 4 is 45.5 Å². The van der Waals surface area contributed by atoms with E-state index >= 15 is 0 Å². The highest BCUT2D eigenvalue weighted by molar-refractivity contribution is 5.94. The Balaban J connectivity index is 0.898. The van der Waals surface area contributed by atoms with Crippen LogP contribution in [0.25, 0.3) is 55.2 Å². The molecule has 6 aromatic rings. The van der Waals surface area contributed by atoms with E-state index in [1.165, 1.54) is 14.2 Å². The Morgan fingerprint density at radius 2 is 1.21 bits per heavy atom. The van der Waals surface area contributed by atoms with Crippen LogP contribution in [0.3, 0.4) is 0 Å². The Morgan fingerprint density at radius 3 is 1.79 bits per heavy atom. The third-order valence-corrected chi connectivity index (χ3v) is 13.1. The van der Waals surface area contributed by atoms with Crippen LogP contribution in [0.1, 0.15) is 76.6 Å². The van der Waals surface area contributed by atoms with E-state index in [-0.39, 0.29) is 35.9 Å². The number of methoxy groups -OCH3 is 2. The number of benzene rings is 4. The highest BCUT2D eigenvalue weighted by Crippen LogP contribution is 2.50. The molecule has 2 aromatic heterocycles. The van der Waals surface area contributed by atoms with Gasteiger partial charge in [-0.1, -0.05) is 62.4 Å². The fourth-order valence-electron chi connectivity index (χ4n) is 9.85. The summed E-state index contributed by atoms with van der Waals surface area (Å²) in [6.45, 7) is 6.12. The molecule has 1 saturated carbocycles. The van der Waals surface area contributed by atoms with Gasteiger partial charge in [-0.3, -0.25) is 9.59 Å². The third kappa shape index (κ3) is 7.62. The standard InChI is InChI=1S/C48H52N8O6/c1-26(2)41(54-48(60)62-5)46(58)56-37-17-16-36(23-37)42(56)44-50-25-39(53-44)35-15-13-31-20-29(9-11-33(31)22-35)28-8-10-32-21-34(14-12-30(32)19-28)38-24-49-43(52-38)40-7-6-18-55(40)45(57)27(3)51-47(59)61-4/h8-15,19-22,24-27,36-37,40-42H,6-7,16-18,23H2,1-5H3,(H,49,52)(H,50,53)(H,51,59)(H,54,60)/t27-,36-,37+,40-,41-,42-/m0/s1.